The predicted octanol–water partition coefficient (Wildman–Crippen LogP) is 1.02. The zero-order valence-electron chi connectivity index (χ0n) is 13.7. The van der Waals surface area contributed by atoms with Crippen LogP contribution in [0.15, 0.2) is 17.4 Å². The molecule has 3 heterocycles. The van der Waals surface area contributed by atoms with E-state index in [4.69, 9.17) is 10.5 Å². The molecule has 0 bridgehead atoms. The van der Waals surface area contributed by atoms with Crippen LogP contribution in [0.1, 0.15) is 12.6 Å². The summed E-state index contributed by atoms with van der Waals surface area (Å²) in [7, 11) is 0. The number of nitrogens with two attached hydrogens (primary N) is 1. The highest BCUT2D eigenvalue weighted by atomic mass is 32.1. The molecule has 0 aromatic carbocycles. The van der Waals surface area contributed by atoms with Crippen LogP contribution in [-0.4, -0.2) is 68.9 Å². The number of fused-ring (bicyclic) bond motifs is 1. The minimum absolute atomic E-state index is 0.331. The highest BCUT2D eigenvalue weighted by Gasteiger charge is 2.44. The first-order valence-corrected chi connectivity index (χ1v) is 11.2. The third kappa shape index (κ3) is 3.21. The van der Waals surface area contributed by atoms with Crippen LogP contribution in [0.3, 0.4) is 0 Å². The van der Waals surface area contributed by atoms with E-state index in [0.717, 1.165) is 6.16 Å². The Labute approximate surface area is 146 Å². The number of aromatic nitrogens is 3. The van der Waals surface area contributed by atoms with Crippen LogP contribution in [0.2, 0.25) is 0 Å². The van der Waals surface area contributed by atoms with Crippen LogP contribution in [0.4, 0.5) is 5.69 Å². The molecule has 2 unspecified atom stereocenters. The van der Waals surface area contributed by atoms with E-state index >= 15 is 0 Å². The fourth-order valence-corrected chi connectivity index (χ4v) is 4.15. The van der Waals surface area contributed by atoms with Crippen LogP contribution in [0.25, 0.3) is 11.2 Å². The monoisotopic (exact) mass is 370 g/mol. The van der Waals surface area contributed by atoms with Crippen molar-refractivity contribution in [1.29, 1.82) is 0 Å². The van der Waals surface area contributed by atoms with Gasteiger partial charge in [-0.1, -0.05) is 0 Å². The molecule has 4 atom stereocenters. The Bertz CT molecular complexity index is 805. The Morgan fingerprint density at radius 2 is 2.12 bits per heavy atom. The number of aliphatic hydroxyl groups is 2. The molecule has 132 valence electrons. The molecule has 0 saturated carbocycles. The lowest BCUT2D eigenvalue weighted by Gasteiger charge is -2.19. The maximum atomic E-state index is 10.5. The van der Waals surface area contributed by atoms with E-state index < -0.39 is 31.4 Å². The number of hydrogen-bond acceptors (Lipinski definition) is 7. The number of thiol groups is 1. The summed E-state index contributed by atoms with van der Waals surface area (Å²) in [5, 5.41) is 21.1. The average molecular weight is 370 g/mol. The summed E-state index contributed by atoms with van der Waals surface area (Å²) in [4.78, 5) is 8.56. The van der Waals surface area contributed by atoms with Gasteiger partial charge < -0.3 is 20.7 Å². The number of anilines is 1. The Hall–Kier alpha value is -1.05. The van der Waals surface area contributed by atoms with Crippen molar-refractivity contribution in [3.8, 4) is 0 Å². The minimum atomic E-state index is -1.24. The minimum Gasteiger partial charge on any atom is -0.397 e. The summed E-state index contributed by atoms with van der Waals surface area (Å²) in [5.74, 6) is 0. The first kappa shape index (κ1) is 17.8. The molecule has 3 rings (SSSR count). The molecule has 0 spiro atoms. The van der Waals surface area contributed by atoms with Gasteiger partial charge in [-0.15, -0.1) is 25.8 Å². The topological polar surface area (TPSA) is 106 Å². The van der Waals surface area contributed by atoms with Gasteiger partial charge in [0.1, 0.15) is 17.7 Å². The van der Waals surface area contributed by atoms with E-state index in [1.807, 2.05) is 0 Å². The summed E-state index contributed by atoms with van der Waals surface area (Å²) < 4.78 is 7.51. The van der Waals surface area contributed by atoms with Gasteiger partial charge in [0.15, 0.2) is 17.0 Å². The van der Waals surface area contributed by atoms with Crippen LogP contribution in [0, 0.1) is 0 Å². The number of nitrogens with zero attached hydrogens (tertiary/aromatic N) is 3. The summed E-state index contributed by atoms with van der Waals surface area (Å²) in [6, 6.07) is 1.65. The molecule has 0 aliphatic carbocycles. The second-order valence-electron chi connectivity index (χ2n) is 6.85. The van der Waals surface area contributed by atoms with Gasteiger partial charge in [-0.05, 0) is 32.0 Å². The third-order valence-corrected chi connectivity index (χ3v) is 5.99. The van der Waals surface area contributed by atoms with Gasteiger partial charge in [-0.3, -0.25) is 4.57 Å². The van der Waals surface area contributed by atoms with Gasteiger partial charge in [0.05, 0.1) is 11.8 Å². The van der Waals surface area contributed by atoms with Crippen molar-refractivity contribution < 1.29 is 14.9 Å². The second-order valence-corrected chi connectivity index (χ2v) is 11.6. The molecule has 0 radical (unpaired) electrons. The smallest absolute Gasteiger partial charge is 0.169 e. The van der Waals surface area contributed by atoms with Crippen LogP contribution < -0.4 is 5.73 Å². The highest BCUT2D eigenvalue weighted by Crippen LogP contribution is 2.40. The highest BCUT2D eigenvalue weighted by molar-refractivity contribution is 7.80. The van der Waals surface area contributed by atoms with Gasteiger partial charge in [-0.25, -0.2) is 9.97 Å². The maximum absolute atomic E-state index is 10.5. The summed E-state index contributed by atoms with van der Waals surface area (Å²) in [5.41, 5.74) is 7.37. The Morgan fingerprint density at radius 1 is 1.42 bits per heavy atom. The fourth-order valence-electron chi connectivity index (χ4n) is 2.89. The normalized spacial score (nSPS) is 27.9. The molecular formula is C15H23N4O3PS. The maximum Gasteiger partial charge on any atom is 0.169 e. The van der Waals surface area contributed by atoms with Gasteiger partial charge >= 0.3 is 0 Å². The van der Waals surface area contributed by atoms with Gasteiger partial charge in [0.25, 0.3) is 0 Å². The second kappa shape index (κ2) is 6.35. The average Bonchev–Trinajstić information content (AvgIpc) is 2.96. The van der Waals surface area contributed by atoms with E-state index in [9.17, 15) is 10.2 Å². The van der Waals surface area contributed by atoms with Crippen LogP contribution in [0.5, 0.6) is 0 Å². The van der Waals surface area contributed by atoms with E-state index in [0.29, 0.717) is 28.4 Å². The third-order valence-electron chi connectivity index (χ3n) is 4.20. The number of imidazole rings is 1. The lowest BCUT2D eigenvalue weighted by molar-refractivity contribution is -0.0399. The molecule has 1 fully saturated rings. The molecule has 7 nitrogen and oxygen atoms in total. The van der Waals surface area contributed by atoms with Crippen molar-refractivity contribution in [1.82, 2.24) is 14.5 Å². The van der Waals surface area contributed by atoms with Crippen LogP contribution >= 0.6 is 19.5 Å². The van der Waals surface area contributed by atoms with Gasteiger partial charge in [0.2, 0.25) is 0 Å². The molecule has 24 heavy (non-hydrogen) atoms. The van der Waals surface area contributed by atoms with E-state index in [1.165, 1.54) is 0 Å². The molecule has 2 aromatic heterocycles. The van der Waals surface area contributed by atoms with Crippen LogP contribution in [-0.2, 0) is 4.74 Å². The fraction of sp³-hybridized carbons (Fsp3) is 0.533. The van der Waals surface area contributed by atoms with Crippen molar-refractivity contribution in [2.45, 2.75) is 36.1 Å². The first-order valence-electron chi connectivity index (χ1n) is 7.69. The Balaban J connectivity index is 1.92. The first-order chi connectivity index (χ1) is 11.2. The van der Waals surface area contributed by atoms with Crippen molar-refractivity contribution in [3.05, 3.63) is 12.3 Å². The van der Waals surface area contributed by atoms with E-state index in [1.54, 1.807) is 16.8 Å². The number of aliphatic hydroxyl groups excluding tert-OH is 2. The van der Waals surface area contributed by atoms with Gasteiger partial charge in [-0.2, -0.15) is 0 Å². The zero-order chi connectivity index (χ0) is 17.6. The van der Waals surface area contributed by atoms with Crippen molar-refractivity contribution in [3.63, 3.8) is 0 Å². The lowest BCUT2D eigenvalue weighted by Crippen LogP contribution is -2.32. The Kier molecular flexibility index (Phi) is 4.70. The number of hydrogen-bond donors (Lipinski definition) is 4. The number of pyridine rings is 1. The summed E-state index contributed by atoms with van der Waals surface area (Å²) in [6.07, 6.45) is 3.92. The van der Waals surface area contributed by atoms with Crippen molar-refractivity contribution in [2.75, 3.05) is 25.2 Å². The SMILES string of the molecule is C=P(C)(C)CCC1OC(n2c(S)nc3c(N)ccnc32)[C@H](O)[C@@H]1O. The number of rotatable bonds is 4. The predicted molar refractivity (Wildman–Crippen MR) is 100 cm³/mol. The molecule has 1 aliphatic heterocycles. The molecule has 0 amide bonds. The van der Waals surface area contributed by atoms with Gasteiger partial charge in [0, 0.05) is 6.20 Å². The quantitative estimate of drug-likeness (QED) is 0.473. The molecule has 2 aromatic rings. The molecule has 4 N–H and O–H groups in total. The summed E-state index contributed by atoms with van der Waals surface area (Å²) in [6.45, 7) is 3.02. The van der Waals surface area contributed by atoms with E-state index in [2.05, 4.69) is 42.2 Å². The Morgan fingerprint density at radius 3 is 2.79 bits per heavy atom. The summed E-state index contributed by atoms with van der Waals surface area (Å²) >= 11 is 4.36. The lowest BCUT2D eigenvalue weighted by atomic mass is 10.1. The molecule has 1 aliphatic rings. The van der Waals surface area contributed by atoms with E-state index in [-0.39, 0.29) is 0 Å². The molecule has 9 heteroatoms. The molecular weight excluding hydrogens is 347 g/mol. The van der Waals surface area contributed by atoms with Crippen molar-refractivity contribution in [2.24, 2.45) is 0 Å². The number of ether oxygens (including phenoxy) is 1. The standard InChI is InChI=1S/C15H23N4O3PS/c1-23(2,3)7-5-9-11(20)12(21)14(22-9)19-13-10(18-15(19)24)8(16)4-6-17-13/h4,6,9,11-12,14,20-21H,1,5,7H2,2-3H3,(H2,16,17)(H,18,24)/t9?,11-,12-,14?/m1/s1. The largest absolute Gasteiger partial charge is 0.397 e. The zero-order valence-corrected chi connectivity index (χ0v) is 15.5. The molecule has 1 saturated heterocycles. The van der Waals surface area contributed by atoms with Crippen molar-refractivity contribution >= 4 is 42.7 Å². The number of nitrogen functional groups attached to an aromatic ring is 1.